The highest BCUT2D eigenvalue weighted by Crippen LogP contribution is 2.29. The number of hydrogen-bond acceptors (Lipinski definition) is 3. The summed E-state index contributed by atoms with van der Waals surface area (Å²) < 4.78 is 35.1. The van der Waals surface area contributed by atoms with Crippen LogP contribution in [-0.2, 0) is 6.54 Å². The summed E-state index contributed by atoms with van der Waals surface area (Å²) in [6, 6.07) is 3.88. The summed E-state index contributed by atoms with van der Waals surface area (Å²) >= 11 is 1.61. The fourth-order valence-corrected chi connectivity index (χ4v) is 2.02. The lowest BCUT2D eigenvalue weighted by atomic mass is 10.4. The van der Waals surface area contributed by atoms with Crippen LogP contribution in [0.5, 0.6) is 0 Å². The average molecular weight is 241 g/mol. The highest BCUT2D eigenvalue weighted by Gasteiger charge is 2.27. The Hall–Kier alpha value is -0.200. The molecule has 0 fully saturated rings. The Bertz CT molecular complexity index is 246. The molecular formula is C8H10F3NS2. The Morgan fingerprint density at radius 3 is 2.79 bits per heavy atom. The van der Waals surface area contributed by atoms with Crippen LogP contribution in [0.15, 0.2) is 17.5 Å². The van der Waals surface area contributed by atoms with Gasteiger partial charge in [-0.15, -0.1) is 11.3 Å². The molecule has 1 aromatic heterocycles. The van der Waals surface area contributed by atoms with Crippen molar-refractivity contribution in [1.29, 1.82) is 0 Å². The summed E-state index contributed by atoms with van der Waals surface area (Å²) in [5.74, 6) is 0.0644. The van der Waals surface area contributed by atoms with Crippen molar-refractivity contribution in [3.63, 3.8) is 0 Å². The number of hydrogen-bond donors (Lipinski definition) is 1. The molecule has 6 heteroatoms. The van der Waals surface area contributed by atoms with Crippen LogP contribution in [0.25, 0.3) is 0 Å². The van der Waals surface area contributed by atoms with Crippen LogP contribution < -0.4 is 5.32 Å². The van der Waals surface area contributed by atoms with Crippen molar-refractivity contribution in [3.8, 4) is 0 Å². The predicted octanol–water partition coefficient (Wildman–Crippen LogP) is 3.09. The monoisotopic (exact) mass is 241 g/mol. The fraction of sp³-hybridized carbons (Fsp3) is 0.500. The van der Waals surface area contributed by atoms with E-state index in [1.807, 2.05) is 17.5 Å². The number of nitrogens with one attached hydrogen (secondary N) is 1. The van der Waals surface area contributed by atoms with Crippen molar-refractivity contribution in [2.75, 3.05) is 12.3 Å². The van der Waals surface area contributed by atoms with Crippen molar-refractivity contribution in [2.24, 2.45) is 0 Å². The van der Waals surface area contributed by atoms with Gasteiger partial charge in [-0.3, -0.25) is 0 Å². The zero-order valence-electron chi connectivity index (χ0n) is 7.30. The molecular weight excluding hydrogens is 231 g/mol. The van der Waals surface area contributed by atoms with E-state index in [1.165, 1.54) is 0 Å². The zero-order chi connectivity index (χ0) is 10.4. The molecule has 0 aliphatic rings. The molecule has 80 valence electrons. The molecule has 0 spiro atoms. The number of thiophene rings is 1. The van der Waals surface area contributed by atoms with Gasteiger partial charge in [0.1, 0.15) is 0 Å². The van der Waals surface area contributed by atoms with Crippen molar-refractivity contribution >= 4 is 23.1 Å². The van der Waals surface area contributed by atoms with Gasteiger partial charge in [0.25, 0.3) is 0 Å². The van der Waals surface area contributed by atoms with Crippen LogP contribution in [-0.4, -0.2) is 17.8 Å². The van der Waals surface area contributed by atoms with Crippen molar-refractivity contribution in [1.82, 2.24) is 5.32 Å². The molecule has 0 aliphatic carbocycles. The first-order valence-electron chi connectivity index (χ1n) is 4.02. The maximum Gasteiger partial charge on any atom is 0.441 e. The van der Waals surface area contributed by atoms with Crippen LogP contribution in [0, 0.1) is 0 Å². The van der Waals surface area contributed by atoms with Crippen molar-refractivity contribution < 1.29 is 13.2 Å². The Morgan fingerprint density at radius 1 is 1.43 bits per heavy atom. The molecule has 1 rings (SSSR count). The lowest BCUT2D eigenvalue weighted by Crippen LogP contribution is -2.17. The van der Waals surface area contributed by atoms with Gasteiger partial charge in [0.2, 0.25) is 0 Å². The SMILES string of the molecule is FC(F)(F)SCCNCc1cccs1. The van der Waals surface area contributed by atoms with E-state index in [9.17, 15) is 13.2 Å². The molecule has 14 heavy (non-hydrogen) atoms. The maximum atomic E-state index is 11.7. The maximum absolute atomic E-state index is 11.7. The third-order valence-electron chi connectivity index (χ3n) is 1.42. The van der Waals surface area contributed by atoms with Gasteiger partial charge >= 0.3 is 5.51 Å². The summed E-state index contributed by atoms with van der Waals surface area (Å²) in [6.07, 6.45) is 0. The largest absolute Gasteiger partial charge is 0.441 e. The normalized spacial score (nSPS) is 11.9. The lowest BCUT2D eigenvalue weighted by Gasteiger charge is -2.05. The van der Waals surface area contributed by atoms with E-state index in [-0.39, 0.29) is 17.5 Å². The zero-order valence-corrected chi connectivity index (χ0v) is 8.94. The van der Waals surface area contributed by atoms with E-state index < -0.39 is 5.51 Å². The Balaban J connectivity index is 2.00. The van der Waals surface area contributed by atoms with Gasteiger partial charge in [0.05, 0.1) is 0 Å². The van der Waals surface area contributed by atoms with Crippen LogP contribution in [0.1, 0.15) is 4.88 Å². The second kappa shape index (κ2) is 5.63. The van der Waals surface area contributed by atoms with Crippen molar-refractivity contribution in [3.05, 3.63) is 22.4 Å². The van der Waals surface area contributed by atoms with E-state index in [4.69, 9.17) is 0 Å². The number of thioether (sulfide) groups is 1. The molecule has 1 heterocycles. The quantitative estimate of drug-likeness (QED) is 0.795. The van der Waals surface area contributed by atoms with Crippen LogP contribution >= 0.6 is 23.1 Å². The summed E-state index contributed by atoms with van der Waals surface area (Å²) in [7, 11) is 0. The van der Waals surface area contributed by atoms with Crippen molar-refractivity contribution in [2.45, 2.75) is 12.1 Å². The Labute approximate surface area is 88.7 Å². The summed E-state index contributed by atoms with van der Waals surface area (Å²) in [6.45, 7) is 1.03. The Morgan fingerprint density at radius 2 is 2.21 bits per heavy atom. The average Bonchev–Trinajstić information content (AvgIpc) is 2.54. The van der Waals surface area contributed by atoms with Gasteiger partial charge in [-0.2, -0.15) is 13.2 Å². The first-order valence-corrected chi connectivity index (χ1v) is 5.88. The van der Waals surface area contributed by atoms with Gasteiger partial charge in [0.15, 0.2) is 0 Å². The van der Waals surface area contributed by atoms with Gasteiger partial charge < -0.3 is 5.32 Å². The predicted molar refractivity (Wildman–Crippen MR) is 54.5 cm³/mol. The van der Waals surface area contributed by atoms with Gasteiger partial charge in [-0.25, -0.2) is 0 Å². The minimum Gasteiger partial charge on any atom is -0.311 e. The van der Waals surface area contributed by atoms with E-state index in [2.05, 4.69) is 5.32 Å². The molecule has 0 unspecified atom stereocenters. The van der Waals surface area contributed by atoms with Crippen LogP contribution in [0.4, 0.5) is 13.2 Å². The smallest absolute Gasteiger partial charge is 0.311 e. The Kier molecular flexibility index (Phi) is 4.77. The molecule has 1 N–H and O–H groups in total. The fourth-order valence-electron chi connectivity index (χ4n) is 0.864. The first-order chi connectivity index (χ1) is 6.58. The number of alkyl halides is 3. The topological polar surface area (TPSA) is 12.0 Å². The first kappa shape index (κ1) is 11.9. The summed E-state index contributed by atoms with van der Waals surface area (Å²) in [5.41, 5.74) is -4.11. The molecule has 1 aromatic rings. The van der Waals surface area contributed by atoms with E-state index >= 15 is 0 Å². The van der Waals surface area contributed by atoms with E-state index in [0.29, 0.717) is 13.1 Å². The second-order valence-corrected chi connectivity index (χ2v) is 4.74. The molecule has 0 saturated heterocycles. The summed E-state index contributed by atoms with van der Waals surface area (Å²) in [5, 5.41) is 4.90. The number of rotatable bonds is 5. The van der Waals surface area contributed by atoms with E-state index in [0.717, 1.165) is 4.88 Å². The standard InChI is InChI=1S/C8H10F3NS2/c9-8(10,11)14-5-3-12-6-7-2-1-4-13-7/h1-2,4,12H,3,5-6H2. The van der Waals surface area contributed by atoms with Crippen LogP contribution in [0.2, 0.25) is 0 Å². The van der Waals surface area contributed by atoms with Gasteiger partial charge in [-0.05, 0) is 23.2 Å². The number of halogens is 3. The highest BCUT2D eigenvalue weighted by atomic mass is 32.2. The molecule has 1 nitrogen and oxygen atoms in total. The van der Waals surface area contributed by atoms with E-state index in [1.54, 1.807) is 11.3 Å². The molecule has 0 amide bonds. The minimum atomic E-state index is -4.11. The van der Waals surface area contributed by atoms with Gasteiger partial charge in [-0.1, -0.05) is 6.07 Å². The van der Waals surface area contributed by atoms with Crippen LogP contribution in [0.3, 0.4) is 0 Å². The molecule has 0 saturated carbocycles. The van der Waals surface area contributed by atoms with Gasteiger partial charge in [0, 0.05) is 23.7 Å². The molecule has 0 aromatic carbocycles. The molecule has 0 atom stereocenters. The molecule has 0 bridgehead atoms. The second-order valence-electron chi connectivity index (χ2n) is 2.55. The molecule has 0 aliphatic heterocycles. The summed E-state index contributed by atoms with van der Waals surface area (Å²) in [4.78, 5) is 1.14. The minimum absolute atomic E-state index is 0.0117. The lowest BCUT2D eigenvalue weighted by molar-refractivity contribution is -0.0327. The molecule has 0 radical (unpaired) electrons. The third-order valence-corrected chi connectivity index (χ3v) is 3.04. The third kappa shape index (κ3) is 5.51. The highest BCUT2D eigenvalue weighted by molar-refractivity contribution is 8.00.